The Morgan fingerprint density at radius 3 is 2.81 bits per heavy atom. The summed E-state index contributed by atoms with van der Waals surface area (Å²) >= 11 is 0. The Morgan fingerprint density at radius 2 is 2.10 bits per heavy atom. The zero-order valence-corrected chi connectivity index (χ0v) is 12.5. The van der Waals surface area contributed by atoms with Crippen LogP contribution in [0.2, 0.25) is 0 Å². The summed E-state index contributed by atoms with van der Waals surface area (Å²) in [5.41, 5.74) is 1.97. The average Bonchev–Trinajstić information content (AvgIpc) is 2.94. The molecule has 5 nitrogen and oxygen atoms in total. The molecule has 0 saturated heterocycles. The van der Waals surface area contributed by atoms with Gasteiger partial charge < -0.3 is 10.1 Å². The molecule has 1 aromatic heterocycles. The number of carbonyl (C=O) groups excluding carboxylic acids is 1. The summed E-state index contributed by atoms with van der Waals surface area (Å²) in [5, 5.41) is 7.16. The number of amides is 1. The molecular formula is C16H21N3O2. The lowest BCUT2D eigenvalue weighted by atomic mass is 10.3. The van der Waals surface area contributed by atoms with Crippen molar-refractivity contribution in [1.82, 2.24) is 15.1 Å². The average molecular weight is 287 g/mol. The van der Waals surface area contributed by atoms with Crippen molar-refractivity contribution < 1.29 is 9.53 Å². The summed E-state index contributed by atoms with van der Waals surface area (Å²) in [7, 11) is 0. The molecule has 2 rings (SSSR count). The molecule has 5 heteroatoms. The minimum atomic E-state index is -0.0110. The van der Waals surface area contributed by atoms with Crippen LogP contribution in [0.4, 0.5) is 0 Å². The summed E-state index contributed by atoms with van der Waals surface area (Å²) in [6.45, 7) is 4.84. The molecule has 1 aromatic carbocycles. The van der Waals surface area contributed by atoms with Crippen LogP contribution in [-0.2, 0) is 16.1 Å². The lowest BCUT2D eigenvalue weighted by molar-refractivity contribution is -0.122. The van der Waals surface area contributed by atoms with Crippen LogP contribution in [0.3, 0.4) is 0 Å². The maximum atomic E-state index is 11.7. The Bertz CT molecular complexity index is 564. The summed E-state index contributed by atoms with van der Waals surface area (Å²) in [4.78, 5) is 11.7. The maximum Gasteiger partial charge on any atom is 0.222 e. The van der Waals surface area contributed by atoms with Crippen LogP contribution in [0.25, 0.3) is 5.69 Å². The number of rotatable bonds is 7. The SMILES string of the molecule is CC(C)OCCC(=O)NCc1cnn(-c2ccccc2)c1. The third kappa shape index (κ3) is 5.04. The van der Waals surface area contributed by atoms with E-state index in [0.29, 0.717) is 19.6 Å². The third-order valence-corrected chi connectivity index (χ3v) is 2.93. The van der Waals surface area contributed by atoms with Gasteiger partial charge in [0.2, 0.25) is 5.91 Å². The van der Waals surface area contributed by atoms with Gasteiger partial charge in [-0.25, -0.2) is 4.68 Å². The minimum absolute atomic E-state index is 0.0110. The van der Waals surface area contributed by atoms with Crippen molar-refractivity contribution in [3.63, 3.8) is 0 Å². The number of nitrogens with zero attached hydrogens (tertiary/aromatic N) is 2. The molecule has 1 amide bonds. The molecule has 0 aliphatic carbocycles. The van der Waals surface area contributed by atoms with Crippen molar-refractivity contribution in [3.8, 4) is 5.69 Å². The zero-order chi connectivity index (χ0) is 15.1. The largest absolute Gasteiger partial charge is 0.378 e. The number of aromatic nitrogens is 2. The van der Waals surface area contributed by atoms with Gasteiger partial charge in [0, 0.05) is 24.7 Å². The Morgan fingerprint density at radius 1 is 1.33 bits per heavy atom. The van der Waals surface area contributed by atoms with Gasteiger partial charge >= 0.3 is 0 Å². The Labute approximate surface area is 124 Å². The van der Waals surface area contributed by atoms with Crippen LogP contribution in [-0.4, -0.2) is 28.4 Å². The molecule has 0 unspecified atom stereocenters. The first-order valence-electron chi connectivity index (χ1n) is 7.12. The second-order valence-electron chi connectivity index (χ2n) is 5.07. The third-order valence-electron chi connectivity index (χ3n) is 2.93. The van der Waals surface area contributed by atoms with Crippen molar-refractivity contribution in [2.45, 2.75) is 32.9 Å². The van der Waals surface area contributed by atoms with E-state index in [2.05, 4.69) is 10.4 Å². The first kappa shape index (κ1) is 15.3. The van der Waals surface area contributed by atoms with Gasteiger partial charge in [-0.2, -0.15) is 5.10 Å². The van der Waals surface area contributed by atoms with E-state index < -0.39 is 0 Å². The molecule has 0 aliphatic rings. The van der Waals surface area contributed by atoms with Gasteiger partial charge in [0.1, 0.15) is 0 Å². The summed E-state index contributed by atoms with van der Waals surface area (Å²) < 4.78 is 7.14. The number of hydrogen-bond donors (Lipinski definition) is 1. The number of ether oxygens (including phenoxy) is 1. The van der Waals surface area contributed by atoms with Gasteiger partial charge in [-0.3, -0.25) is 4.79 Å². The highest BCUT2D eigenvalue weighted by atomic mass is 16.5. The van der Waals surface area contributed by atoms with Crippen LogP contribution in [0.15, 0.2) is 42.7 Å². The molecule has 0 aliphatic heterocycles. The predicted octanol–water partition coefficient (Wildman–Crippen LogP) is 2.30. The van der Waals surface area contributed by atoms with E-state index in [4.69, 9.17) is 4.74 Å². The summed E-state index contributed by atoms with van der Waals surface area (Å²) in [6, 6.07) is 9.87. The Hall–Kier alpha value is -2.14. The standard InChI is InChI=1S/C16H21N3O2/c1-13(2)21-9-8-16(20)17-10-14-11-18-19(12-14)15-6-4-3-5-7-15/h3-7,11-13H,8-10H2,1-2H3,(H,17,20). The van der Waals surface area contributed by atoms with Crippen molar-refractivity contribution in [2.75, 3.05) is 6.61 Å². The highest BCUT2D eigenvalue weighted by Gasteiger charge is 2.04. The molecule has 0 fully saturated rings. The van der Waals surface area contributed by atoms with E-state index >= 15 is 0 Å². The molecule has 0 radical (unpaired) electrons. The fourth-order valence-electron chi connectivity index (χ4n) is 1.85. The molecule has 2 aromatic rings. The Balaban J connectivity index is 1.79. The highest BCUT2D eigenvalue weighted by molar-refractivity contribution is 5.75. The van der Waals surface area contributed by atoms with E-state index in [1.165, 1.54) is 0 Å². The van der Waals surface area contributed by atoms with E-state index in [1.807, 2.05) is 50.4 Å². The quantitative estimate of drug-likeness (QED) is 0.850. The van der Waals surface area contributed by atoms with Crippen LogP contribution in [0.5, 0.6) is 0 Å². The van der Waals surface area contributed by atoms with Crippen molar-refractivity contribution in [3.05, 3.63) is 48.3 Å². The fraction of sp³-hybridized carbons (Fsp3) is 0.375. The van der Waals surface area contributed by atoms with E-state index in [-0.39, 0.29) is 12.0 Å². The van der Waals surface area contributed by atoms with Crippen molar-refractivity contribution in [2.24, 2.45) is 0 Å². The molecule has 0 saturated carbocycles. The number of para-hydroxylation sites is 1. The number of nitrogens with one attached hydrogen (secondary N) is 1. The maximum absolute atomic E-state index is 11.7. The van der Waals surface area contributed by atoms with Gasteiger partial charge in [-0.05, 0) is 26.0 Å². The molecule has 1 N–H and O–H groups in total. The number of hydrogen-bond acceptors (Lipinski definition) is 3. The van der Waals surface area contributed by atoms with E-state index in [0.717, 1.165) is 11.3 Å². The van der Waals surface area contributed by atoms with Gasteiger partial charge in [-0.1, -0.05) is 18.2 Å². The fourth-order valence-corrected chi connectivity index (χ4v) is 1.85. The van der Waals surface area contributed by atoms with Crippen molar-refractivity contribution >= 4 is 5.91 Å². The summed E-state index contributed by atoms with van der Waals surface area (Å²) in [5.74, 6) is -0.0110. The molecule has 21 heavy (non-hydrogen) atoms. The zero-order valence-electron chi connectivity index (χ0n) is 12.5. The monoisotopic (exact) mass is 287 g/mol. The van der Waals surface area contributed by atoms with Crippen LogP contribution in [0.1, 0.15) is 25.8 Å². The van der Waals surface area contributed by atoms with E-state index in [1.54, 1.807) is 10.9 Å². The molecule has 0 spiro atoms. The Kier molecular flexibility index (Phi) is 5.51. The van der Waals surface area contributed by atoms with Crippen molar-refractivity contribution in [1.29, 1.82) is 0 Å². The smallest absolute Gasteiger partial charge is 0.222 e. The molecule has 112 valence electrons. The topological polar surface area (TPSA) is 56.1 Å². The molecule has 0 bridgehead atoms. The second kappa shape index (κ2) is 7.59. The lowest BCUT2D eigenvalue weighted by Crippen LogP contribution is -2.24. The minimum Gasteiger partial charge on any atom is -0.378 e. The van der Waals surface area contributed by atoms with E-state index in [9.17, 15) is 4.79 Å². The number of benzene rings is 1. The van der Waals surface area contributed by atoms with Gasteiger partial charge in [-0.15, -0.1) is 0 Å². The van der Waals surface area contributed by atoms with Gasteiger partial charge in [0.05, 0.1) is 24.6 Å². The lowest BCUT2D eigenvalue weighted by Gasteiger charge is -2.07. The highest BCUT2D eigenvalue weighted by Crippen LogP contribution is 2.07. The first-order chi connectivity index (χ1) is 10.1. The van der Waals surface area contributed by atoms with Crippen LogP contribution in [0, 0.1) is 0 Å². The van der Waals surface area contributed by atoms with Crippen LogP contribution < -0.4 is 5.32 Å². The van der Waals surface area contributed by atoms with Crippen LogP contribution >= 0.6 is 0 Å². The van der Waals surface area contributed by atoms with Gasteiger partial charge in [0.25, 0.3) is 0 Å². The summed E-state index contributed by atoms with van der Waals surface area (Å²) in [6.07, 6.45) is 4.21. The number of carbonyl (C=O) groups is 1. The molecule has 0 atom stereocenters. The predicted molar refractivity (Wildman–Crippen MR) is 81.1 cm³/mol. The molecule has 1 heterocycles. The van der Waals surface area contributed by atoms with Gasteiger partial charge in [0.15, 0.2) is 0 Å². The normalized spacial score (nSPS) is 10.8. The molecular weight excluding hydrogens is 266 g/mol. The second-order valence-corrected chi connectivity index (χ2v) is 5.07. The first-order valence-corrected chi connectivity index (χ1v) is 7.12.